The van der Waals surface area contributed by atoms with E-state index < -0.39 is 23.8 Å². The highest BCUT2D eigenvalue weighted by molar-refractivity contribution is 5.96. The third kappa shape index (κ3) is 7.95. The average Bonchev–Trinajstić information content (AvgIpc) is 3.67. The van der Waals surface area contributed by atoms with Crippen molar-refractivity contribution >= 4 is 35.9 Å². The maximum Gasteiger partial charge on any atom is 0.586 e. The number of carboxylic acids is 1. The molecule has 0 saturated carbocycles. The molecule has 1 atom stereocenters. The molecule has 2 aliphatic rings. The quantitative estimate of drug-likeness (QED) is 0.225. The Hall–Kier alpha value is -4.82. The predicted octanol–water partition coefficient (Wildman–Crippen LogP) is 5.63. The van der Waals surface area contributed by atoms with Gasteiger partial charge in [-0.05, 0) is 81.0 Å². The van der Waals surface area contributed by atoms with Crippen LogP contribution in [-0.4, -0.2) is 49.4 Å². The molecular weight excluding hydrogens is 640 g/mol. The summed E-state index contributed by atoms with van der Waals surface area (Å²) in [5.74, 6) is -1.96. The molecule has 47 heavy (non-hydrogen) atoms. The van der Waals surface area contributed by atoms with E-state index in [9.17, 15) is 28.3 Å². The molecule has 0 radical (unpaired) electrons. The fourth-order valence-corrected chi connectivity index (χ4v) is 5.12. The Balaban J connectivity index is 0.000000336. The Bertz CT molecular complexity index is 1820. The lowest BCUT2D eigenvalue weighted by Gasteiger charge is -2.21. The molecule has 6 rings (SSSR count). The van der Waals surface area contributed by atoms with Crippen molar-refractivity contribution in [1.29, 1.82) is 0 Å². The summed E-state index contributed by atoms with van der Waals surface area (Å²) in [6.45, 7) is 7.64. The molecule has 2 aromatic heterocycles. The summed E-state index contributed by atoms with van der Waals surface area (Å²) >= 11 is 0. The Morgan fingerprint density at radius 2 is 1.83 bits per heavy atom. The largest absolute Gasteiger partial charge is 0.586 e. The van der Waals surface area contributed by atoms with Gasteiger partial charge in [0.1, 0.15) is 11.3 Å². The molecule has 15 heteroatoms. The number of fused-ring (bicyclic) bond motifs is 3. The number of amides is 1. The van der Waals surface area contributed by atoms with Crippen molar-refractivity contribution in [2.75, 3.05) is 0 Å². The fourth-order valence-electron chi connectivity index (χ4n) is 5.12. The Morgan fingerprint density at radius 3 is 2.49 bits per heavy atom. The van der Waals surface area contributed by atoms with Crippen LogP contribution in [0.5, 0.6) is 11.5 Å². The van der Waals surface area contributed by atoms with Crippen LogP contribution in [0.25, 0.3) is 5.65 Å². The van der Waals surface area contributed by atoms with Gasteiger partial charge in [-0.2, -0.15) is 5.10 Å². The number of carbonyl (C=O) groups excluding carboxylic acids is 2. The van der Waals surface area contributed by atoms with Gasteiger partial charge in [0.25, 0.3) is 5.91 Å². The smallest absolute Gasteiger partial charge is 0.477 e. The lowest BCUT2D eigenvalue weighted by atomic mass is 9.97. The van der Waals surface area contributed by atoms with E-state index in [4.69, 9.17) is 10.5 Å². The maximum absolute atomic E-state index is 13.0. The number of alkyl halides is 2. The summed E-state index contributed by atoms with van der Waals surface area (Å²) in [6.07, 6.45) is -0.720. The lowest BCUT2D eigenvalue weighted by molar-refractivity contribution is -0.286. The Labute approximate surface area is 275 Å². The van der Waals surface area contributed by atoms with E-state index in [1.807, 2.05) is 33.8 Å². The zero-order valence-electron chi connectivity index (χ0n) is 25.3. The van der Waals surface area contributed by atoms with Gasteiger partial charge in [0.2, 0.25) is 0 Å². The first-order chi connectivity index (χ1) is 21.2. The van der Waals surface area contributed by atoms with Crippen molar-refractivity contribution in [1.82, 2.24) is 19.9 Å². The van der Waals surface area contributed by atoms with E-state index >= 15 is 0 Å². The number of ether oxygens (including phenoxy) is 3. The first-order valence-corrected chi connectivity index (χ1v) is 14.0. The number of esters is 1. The van der Waals surface area contributed by atoms with Gasteiger partial charge >= 0.3 is 18.2 Å². The first kappa shape index (κ1) is 36.6. The van der Waals surface area contributed by atoms with Crippen LogP contribution in [0.15, 0.2) is 48.7 Å². The molecule has 0 saturated heterocycles. The van der Waals surface area contributed by atoms with Crippen molar-refractivity contribution < 1.29 is 42.5 Å². The van der Waals surface area contributed by atoms with Crippen LogP contribution in [0, 0.1) is 6.92 Å². The highest BCUT2D eigenvalue weighted by atomic mass is 35.5. The van der Waals surface area contributed by atoms with Gasteiger partial charge in [-0.25, -0.2) is 19.1 Å². The minimum atomic E-state index is -3.55. The highest BCUT2D eigenvalue weighted by Crippen LogP contribution is 2.41. The summed E-state index contributed by atoms with van der Waals surface area (Å²) in [7, 11) is 0. The molecule has 0 spiro atoms. The molecule has 0 fully saturated rings. The second kappa shape index (κ2) is 13.9. The van der Waals surface area contributed by atoms with Gasteiger partial charge in [-0.1, -0.05) is 19.6 Å². The first-order valence-electron chi connectivity index (χ1n) is 14.0. The number of benzene rings is 2. The number of carboxylic acid groups (broad SMARTS) is 1. The van der Waals surface area contributed by atoms with E-state index in [0.717, 1.165) is 22.3 Å². The lowest BCUT2D eigenvalue weighted by Crippen LogP contribution is -2.29. The molecule has 12 nitrogen and oxygen atoms in total. The molecular formula is C32H36ClF2N5O7. The molecule has 0 unspecified atom stereocenters. The van der Waals surface area contributed by atoms with Gasteiger partial charge in [-0.3, -0.25) is 4.79 Å². The Morgan fingerprint density at radius 1 is 1.13 bits per heavy atom. The van der Waals surface area contributed by atoms with Crippen LogP contribution in [-0.2, 0) is 17.7 Å². The van der Waals surface area contributed by atoms with E-state index in [0.29, 0.717) is 18.4 Å². The topological polar surface area (TPSA) is 167 Å². The van der Waals surface area contributed by atoms with Crippen molar-refractivity contribution in [2.24, 2.45) is 5.73 Å². The van der Waals surface area contributed by atoms with Crippen molar-refractivity contribution in [3.63, 3.8) is 0 Å². The van der Waals surface area contributed by atoms with Crippen LogP contribution in [0.2, 0.25) is 0 Å². The zero-order valence-corrected chi connectivity index (χ0v) is 26.1. The zero-order chi connectivity index (χ0) is 32.7. The number of halogens is 3. The number of nitrogens with zero attached hydrogens (tertiary/aromatic N) is 3. The monoisotopic (exact) mass is 675 g/mol. The van der Waals surface area contributed by atoms with Gasteiger partial charge in [0.05, 0.1) is 17.8 Å². The summed E-state index contributed by atoms with van der Waals surface area (Å²) in [4.78, 5) is 41.0. The molecule has 2 aromatic carbocycles. The number of rotatable bonds is 5. The van der Waals surface area contributed by atoms with E-state index in [1.165, 1.54) is 35.0 Å². The maximum atomic E-state index is 13.0. The van der Waals surface area contributed by atoms with Gasteiger partial charge < -0.3 is 30.4 Å². The third-order valence-corrected chi connectivity index (χ3v) is 7.13. The van der Waals surface area contributed by atoms with Crippen LogP contribution in [0.3, 0.4) is 0 Å². The Kier molecular flexibility index (Phi) is 10.8. The van der Waals surface area contributed by atoms with E-state index in [2.05, 4.69) is 24.9 Å². The van der Waals surface area contributed by atoms with Crippen LogP contribution >= 0.6 is 12.4 Å². The number of carbonyl (C=O) groups is 3. The second-order valence-electron chi connectivity index (χ2n) is 11.5. The summed E-state index contributed by atoms with van der Waals surface area (Å²) in [6, 6.07) is 10.5. The summed E-state index contributed by atoms with van der Waals surface area (Å²) in [5, 5.41) is 16.4. The second-order valence-corrected chi connectivity index (χ2v) is 11.5. The average molecular weight is 676 g/mol. The van der Waals surface area contributed by atoms with Gasteiger partial charge in [0.15, 0.2) is 22.8 Å². The number of aromatic carboxylic acids is 1. The predicted molar refractivity (Wildman–Crippen MR) is 169 cm³/mol. The minimum absolute atomic E-state index is 0. The molecule has 1 amide bonds. The number of nitrogens with two attached hydrogens (primary N) is 1. The van der Waals surface area contributed by atoms with Gasteiger partial charge in [0, 0.05) is 18.7 Å². The van der Waals surface area contributed by atoms with Crippen LogP contribution in [0.1, 0.15) is 94.2 Å². The fraction of sp³-hybridized carbons (Fsp3) is 0.344. The van der Waals surface area contributed by atoms with Crippen molar-refractivity contribution in [2.45, 2.75) is 72.4 Å². The van der Waals surface area contributed by atoms with Gasteiger partial charge in [-0.15, -0.1) is 21.2 Å². The summed E-state index contributed by atoms with van der Waals surface area (Å²) < 4.78 is 40.2. The molecule has 3 heterocycles. The van der Waals surface area contributed by atoms with E-state index in [-0.39, 0.29) is 66.9 Å². The van der Waals surface area contributed by atoms with Crippen LogP contribution < -0.4 is 20.5 Å². The SMILES string of the molecule is C.Cc1c(C(=O)OC(C)(C)C)ccc2c1CC[C@@H]2NC(=O)c1cc(C(=O)O)nc2ccnn12.Cl.NCc1ccc2c(c1)OC(F)(F)O2. The molecule has 1 aliphatic carbocycles. The van der Waals surface area contributed by atoms with Crippen molar-refractivity contribution in [3.8, 4) is 11.5 Å². The molecule has 4 aromatic rings. The molecule has 4 N–H and O–H groups in total. The number of hydrogen-bond donors (Lipinski definition) is 3. The van der Waals surface area contributed by atoms with Crippen LogP contribution in [0.4, 0.5) is 8.78 Å². The number of nitrogens with one attached hydrogen (secondary N) is 1. The van der Waals surface area contributed by atoms with E-state index in [1.54, 1.807) is 12.1 Å². The normalized spacial score (nSPS) is 15.3. The summed E-state index contributed by atoms with van der Waals surface area (Å²) in [5.41, 5.74) is 8.92. The minimum Gasteiger partial charge on any atom is -0.477 e. The highest BCUT2D eigenvalue weighted by Gasteiger charge is 2.43. The third-order valence-electron chi connectivity index (χ3n) is 7.13. The molecule has 252 valence electrons. The molecule has 0 bridgehead atoms. The number of hydrogen-bond acceptors (Lipinski definition) is 9. The standard InChI is InChI=1S/C23H24N4O5.C8H7F2NO2.CH4.ClH/c1-12-13-7-8-16(15(13)6-5-14(12)22(31)32-23(2,3)4)26-20(28)18-11-17(21(29)30)25-19-9-10-24-27(18)19;9-8(10)12-6-2-1-5(4-11)3-7(6)13-8;;/h5-6,9-11,16H,7-8H2,1-4H3,(H,26,28)(H,29,30);1-3H,4,11H2;1H4;1H/t16-;;;/m0.../s1. The number of aromatic nitrogens is 3. The molecule has 1 aliphatic heterocycles. The van der Waals surface area contributed by atoms with Crippen molar-refractivity contribution in [3.05, 3.63) is 87.9 Å².